The van der Waals surface area contributed by atoms with E-state index in [1.54, 1.807) is 24.5 Å². The zero-order valence-corrected chi connectivity index (χ0v) is 10.4. The molecule has 0 N–H and O–H groups in total. The summed E-state index contributed by atoms with van der Waals surface area (Å²) in [5.74, 6) is -0.583. The number of nitrogens with zero attached hydrogens (tertiary/aromatic N) is 1. The minimum Gasteiger partial charge on any atom is -0.265 e. The van der Waals surface area contributed by atoms with Crippen LogP contribution in [0.25, 0.3) is 0 Å². The highest BCUT2D eigenvalue weighted by Crippen LogP contribution is 2.14. The smallest absolute Gasteiger partial charge is 0.178 e. The number of aromatic nitrogens is 1. The van der Waals surface area contributed by atoms with Gasteiger partial charge in [0.1, 0.15) is 5.82 Å². The predicted molar refractivity (Wildman–Crippen MR) is 66.4 cm³/mol. The molecular formula is C13H12FNO2S. The fourth-order valence-electron chi connectivity index (χ4n) is 1.58. The molecule has 0 unspecified atom stereocenters. The molecule has 2 rings (SSSR count). The summed E-state index contributed by atoms with van der Waals surface area (Å²) in [4.78, 5) is 3.89. The van der Waals surface area contributed by atoms with Crippen molar-refractivity contribution in [3.8, 4) is 0 Å². The number of benzene rings is 1. The first kappa shape index (κ1) is 12.7. The number of sulfone groups is 1. The molecule has 5 heteroatoms. The zero-order valence-electron chi connectivity index (χ0n) is 9.58. The molecule has 0 saturated carbocycles. The fourth-order valence-corrected chi connectivity index (χ4v) is 2.90. The zero-order chi connectivity index (χ0) is 13.0. The monoisotopic (exact) mass is 265 g/mol. The molecule has 0 atom stereocenters. The van der Waals surface area contributed by atoms with Gasteiger partial charge in [-0.1, -0.05) is 6.07 Å². The maximum absolute atomic E-state index is 13.0. The van der Waals surface area contributed by atoms with Crippen molar-refractivity contribution in [2.75, 3.05) is 5.75 Å². The third kappa shape index (κ3) is 3.13. The molecule has 0 spiro atoms. The first-order valence-corrected chi connectivity index (χ1v) is 7.10. The lowest BCUT2D eigenvalue weighted by Gasteiger charge is -2.04. The highest BCUT2D eigenvalue weighted by Gasteiger charge is 2.14. The van der Waals surface area contributed by atoms with Crippen LogP contribution in [0.5, 0.6) is 0 Å². The van der Waals surface area contributed by atoms with Crippen molar-refractivity contribution in [3.63, 3.8) is 0 Å². The van der Waals surface area contributed by atoms with Crippen LogP contribution in [0, 0.1) is 5.82 Å². The molecule has 0 saturated heterocycles. The SMILES string of the molecule is O=S(=O)(CCc1ccncc1)c1cccc(F)c1. The lowest BCUT2D eigenvalue weighted by atomic mass is 10.2. The summed E-state index contributed by atoms with van der Waals surface area (Å²) in [6.45, 7) is 0. The lowest BCUT2D eigenvalue weighted by molar-refractivity contribution is 0.590. The Bertz CT molecular complexity index is 626. The summed E-state index contributed by atoms with van der Waals surface area (Å²) in [5, 5.41) is 0. The summed E-state index contributed by atoms with van der Waals surface area (Å²) in [5.41, 5.74) is 0.893. The van der Waals surface area contributed by atoms with Crippen molar-refractivity contribution in [1.82, 2.24) is 4.98 Å². The topological polar surface area (TPSA) is 47.0 Å². The van der Waals surface area contributed by atoms with Gasteiger partial charge in [0, 0.05) is 12.4 Å². The van der Waals surface area contributed by atoms with Gasteiger partial charge in [-0.15, -0.1) is 0 Å². The van der Waals surface area contributed by atoms with E-state index in [4.69, 9.17) is 0 Å². The number of rotatable bonds is 4. The van der Waals surface area contributed by atoms with Crippen molar-refractivity contribution < 1.29 is 12.8 Å². The van der Waals surface area contributed by atoms with Crippen LogP contribution in [0.1, 0.15) is 5.56 Å². The second kappa shape index (κ2) is 5.27. The van der Waals surface area contributed by atoms with E-state index in [1.807, 2.05) is 0 Å². The van der Waals surface area contributed by atoms with Gasteiger partial charge in [-0.3, -0.25) is 4.98 Å². The highest BCUT2D eigenvalue weighted by atomic mass is 32.2. The summed E-state index contributed by atoms with van der Waals surface area (Å²) >= 11 is 0. The van der Waals surface area contributed by atoms with Gasteiger partial charge in [-0.2, -0.15) is 0 Å². The summed E-state index contributed by atoms with van der Waals surface area (Å²) < 4.78 is 36.9. The number of hydrogen-bond donors (Lipinski definition) is 0. The lowest BCUT2D eigenvalue weighted by Crippen LogP contribution is -2.09. The maximum Gasteiger partial charge on any atom is 0.178 e. The molecule has 1 aromatic carbocycles. The van der Waals surface area contributed by atoms with E-state index in [9.17, 15) is 12.8 Å². The Hall–Kier alpha value is -1.75. The molecular weight excluding hydrogens is 253 g/mol. The van der Waals surface area contributed by atoms with E-state index in [2.05, 4.69) is 4.98 Å². The third-order valence-electron chi connectivity index (χ3n) is 2.56. The van der Waals surface area contributed by atoms with Gasteiger partial charge < -0.3 is 0 Å². The molecule has 94 valence electrons. The van der Waals surface area contributed by atoms with Gasteiger partial charge in [0.15, 0.2) is 9.84 Å². The highest BCUT2D eigenvalue weighted by molar-refractivity contribution is 7.91. The largest absolute Gasteiger partial charge is 0.265 e. The fraction of sp³-hybridized carbons (Fsp3) is 0.154. The minimum absolute atomic E-state index is 0.0246. The van der Waals surface area contributed by atoms with Crippen LogP contribution in [0.4, 0.5) is 4.39 Å². The molecule has 18 heavy (non-hydrogen) atoms. The standard InChI is InChI=1S/C13H12FNO2S/c14-12-2-1-3-13(10-12)18(16,17)9-6-11-4-7-15-8-5-11/h1-5,7-8,10H,6,9H2. The van der Waals surface area contributed by atoms with E-state index in [-0.39, 0.29) is 10.6 Å². The Kier molecular flexibility index (Phi) is 3.72. The quantitative estimate of drug-likeness (QED) is 0.851. The van der Waals surface area contributed by atoms with E-state index in [0.717, 1.165) is 11.6 Å². The van der Waals surface area contributed by atoms with Crippen LogP contribution in [-0.4, -0.2) is 19.2 Å². The van der Waals surface area contributed by atoms with Crippen LogP contribution in [0.3, 0.4) is 0 Å². The van der Waals surface area contributed by atoms with Crippen molar-refractivity contribution >= 4 is 9.84 Å². The molecule has 0 aliphatic heterocycles. The van der Waals surface area contributed by atoms with E-state index < -0.39 is 15.7 Å². The maximum atomic E-state index is 13.0. The van der Waals surface area contributed by atoms with Crippen molar-refractivity contribution in [1.29, 1.82) is 0 Å². The first-order chi connectivity index (χ1) is 8.58. The second-order valence-corrected chi connectivity index (χ2v) is 5.99. The Morgan fingerprint density at radius 1 is 1.11 bits per heavy atom. The molecule has 0 aliphatic carbocycles. The number of hydrogen-bond acceptors (Lipinski definition) is 3. The van der Waals surface area contributed by atoms with Crippen LogP contribution < -0.4 is 0 Å². The summed E-state index contributed by atoms with van der Waals surface area (Å²) in [7, 11) is -3.44. The number of aryl methyl sites for hydroxylation is 1. The van der Waals surface area contributed by atoms with Gasteiger partial charge in [0.25, 0.3) is 0 Å². The van der Waals surface area contributed by atoms with Crippen LogP contribution >= 0.6 is 0 Å². The Morgan fingerprint density at radius 3 is 2.50 bits per heavy atom. The van der Waals surface area contributed by atoms with E-state index in [0.29, 0.717) is 6.42 Å². The van der Waals surface area contributed by atoms with Gasteiger partial charge in [0.2, 0.25) is 0 Å². The van der Waals surface area contributed by atoms with E-state index >= 15 is 0 Å². The van der Waals surface area contributed by atoms with Crippen LogP contribution in [0.15, 0.2) is 53.7 Å². The normalized spacial score (nSPS) is 11.4. The minimum atomic E-state index is -3.44. The molecule has 0 fully saturated rings. The second-order valence-electron chi connectivity index (χ2n) is 3.88. The molecule has 0 bridgehead atoms. The van der Waals surface area contributed by atoms with Crippen LogP contribution in [0.2, 0.25) is 0 Å². The Labute approximate surface area is 105 Å². The van der Waals surface area contributed by atoms with Crippen LogP contribution in [-0.2, 0) is 16.3 Å². The molecule has 0 amide bonds. The van der Waals surface area contributed by atoms with E-state index in [1.165, 1.54) is 18.2 Å². The molecule has 3 nitrogen and oxygen atoms in total. The Morgan fingerprint density at radius 2 is 1.83 bits per heavy atom. The predicted octanol–water partition coefficient (Wildman–Crippen LogP) is 2.24. The van der Waals surface area contributed by atoms with Crippen molar-refractivity contribution in [2.24, 2.45) is 0 Å². The average Bonchev–Trinajstić information content (AvgIpc) is 2.38. The van der Waals surface area contributed by atoms with Gasteiger partial charge in [-0.05, 0) is 42.3 Å². The third-order valence-corrected chi connectivity index (χ3v) is 4.28. The van der Waals surface area contributed by atoms with Gasteiger partial charge in [-0.25, -0.2) is 12.8 Å². The molecule has 1 heterocycles. The summed E-state index contributed by atoms with van der Waals surface area (Å²) in [6, 6.07) is 8.60. The molecule has 1 aromatic heterocycles. The van der Waals surface area contributed by atoms with Gasteiger partial charge >= 0.3 is 0 Å². The number of halogens is 1. The summed E-state index contributed by atoms with van der Waals surface area (Å²) in [6.07, 6.45) is 3.62. The Balaban J connectivity index is 2.13. The number of pyridine rings is 1. The molecule has 2 aromatic rings. The molecule has 0 aliphatic rings. The first-order valence-electron chi connectivity index (χ1n) is 5.45. The molecule has 0 radical (unpaired) electrons. The average molecular weight is 265 g/mol. The van der Waals surface area contributed by atoms with Crippen molar-refractivity contribution in [3.05, 3.63) is 60.2 Å². The van der Waals surface area contributed by atoms with Gasteiger partial charge in [0.05, 0.1) is 10.6 Å². The van der Waals surface area contributed by atoms with Crippen molar-refractivity contribution in [2.45, 2.75) is 11.3 Å².